The highest BCUT2D eigenvalue weighted by Gasteiger charge is 2.21. The van der Waals surface area contributed by atoms with E-state index in [0.717, 1.165) is 13.1 Å². The molecule has 0 amide bonds. The second-order valence-corrected chi connectivity index (χ2v) is 5.73. The molecule has 0 radical (unpaired) electrons. The third-order valence-corrected chi connectivity index (χ3v) is 3.02. The van der Waals surface area contributed by atoms with Crippen molar-refractivity contribution in [3.05, 3.63) is 0 Å². The van der Waals surface area contributed by atoms with Crippen LogP contribution in [0.25, 0.3) is 0 Å². The van der Waals surface area contributed by atoms with Crippen molar-refractivity contribution in [3.63, 3.8) is 0 Å². The molecular formula is C12H28N4. The summed E-state index contributed by atoms with van der Waals surface area (Å²) in [7, 11) is 0. The zero-order valence-corrected chi connectivity index (χ0v) is 11.6. The molecule has 4 nitrogen and oxygen atoms in total. The summed E-state index contributed by atoms with van der Waals surface area (Å²) in [6.45, 7) is 14.8. The van der Waals surface area contributed by atoms with Crippen molar-refractivity contribution in [2.24, 2.45) is 28.1 Å². The Bertz CT molecular complexity index is 219. The summed E-state index contributed by atoms with van der Waals surface area (Å²) >= 11 is 0. The SMILES string of the molecule is CC(C)CNC(=NCC(C)(C)C(C)C)NN. The van der Waals surface area contributed by atoms with Gasteiger partial charge in [0, 0.05) is 13.1 Å². The quantitative estimate of drug-likeness (QED) is 0.291. The van der Waals surface area contributed by atoms with Gasteiger partial charge in [-0.2, -0.15) is 0 Å². The van der Waals surface area contributed by atoms with E-state index >= 15 is 0 Å². The highest BCUT2D eigenvalue weighted by atomic mass is 15.3. The molecule has 4 N–H and O–H groups in total. The first-order valence-electron chi connectivity index (χ1n) is 6.04. The molecule has 0 heterocycles. The molecule has 4 heteroatoms. The van der Waals surface area contributed by atoms with Crippen LogP contribution in [0.5, 0.6) is 0 Å². The van der Waals surface area contributed by atoms with Gasteiger partial charge in [-0.05, 0) is 17.3 Å². The number of nitrogens with one attached hydrogen (secondary N) is 2. The van der Waals surface area contributed by atoms with E-state index in [1.54, 1.807) is 0 Å². The van der Waals surface area contributed by atoms with E-state index in [1.165, 1.54) is 0 Å². The molecule has 16 heavy (non-hydrogen) atoms. The molecule has 0 saturated heterocycles. The van der Waals surface area contributed by atoms with E-state index in [0.29, 0.717) is 17.8 Å². The van der Waals surface area contributed by atoms with Crippen LogP contribution >= 0.6 is 0 Å². The fourth-order valence-electron chi connectivity index (χ4n) is 0.919. The lowest BCUT2D eigenvalue weighted by Crippen LogP contribution is -2.43. The van der Waals surface area contributed by atoms with Crippen LogP contribution in [0.2, 0.25) is 0 Å². The Morgan fingerprint density at radius 1 is 1.25 bits per heavy atom. The van der Waals surface area contributed by atoms with Gasteiger partial charge in [0.05, 0.1) is 0 Å². The molecule has 0 bridgehead atoms. The van der Waals surface area contributed by atoms with Gasteiger partial charge in [-0.25, -0.2) is 5.84 Å². The van der Waals surface area contributed by atoms with Gasteiger partial charge in [0.25, 0.3) is 0 Å². The van der Waals surface area contributed by atoms with Crippen molar-refractivity contribution in [1.82, 2.24) is 10.7 Å². The average Bonchev–Trinajstić information content (AvgIpc) is 2.17. The van der Waals surface area contributed by atoms with E-state index < -0.39 is 0 Å². The van der Waals surface area contributed by atoms with Crippen molar-refractivity contribution < 1.29 is 0 Å². The molecule has 96 valence electrons. The highest BCUT2D eigenvalue weighted by Crippen LogP contribution is 2.25. The zero-order valence-electron chi connectivity index (χ0n) is 11.6. The second kappa shape index (κ2) is 6.74. The van der Waals surface area contributed by atoms with Gasteiger partial charge in [0.2, 0.25) is 5.96 Å². The summed E-state index contributed by atoms with van der Waals surface area (Å²) in [5, 5.41) is 3.19. The van der Waals surface area contributed by atoms with Crippen molar-refractivity contribution in [2.45, 2.75) is 41.5 Å². The first kappa shape index (κ1) is 15.2. The molecule has 0 rings (SSSR count). The minimum absolute atomic E-state index is 0.196. The Morgan fingerprint density at radius 2 is 1.81 bits per heavy atom. The van der Waals surface area contributed by atoms with E-state index in [9.17, 15) is 0 Å². The van der Waals surface area contributed by atoms with Crippen LogP contribution in [0.15, 0.2) is 4.99 Å². The minimum atomic E-state index is 0.196. The molecule has 0 spiro atoms. The van der Waals surface area contributed by atoms with Gasteiger partial charge >= 0.3 is 0 Å². The maximum absolute atomic E-state index is 5.42. The third kappa shape index (κ3) is 5.95. The Kier molecular flexibility index (Phi) is 6.41. The fraction of sp³-hybridized carbons (Fsp3) is 0.917. The lowest BCUT2D eigenvalue weighted by Gasteiger charge is -2.27. The number of nitrogens with zero attached hydrogens (tertiary/aromatic N) is 1. The summed E-state index contributed by atoms with van der Waals surface area (Å²) in [6.07, 6.45) is 0. The number of aliphatic imine (C=N–C) groups is 1. The summed E-state index contributed by atoms with van der Waals surface area (Å²) < 4.78 is 0. The molecule has 0 aliphatic rings. The number of nitrogens with two attached hydrogens (primary N) is 1. The molecule has 0 saturated carbocycles. The van der Waals surface area contributed by atoms with Crippen LogP contribution in [-0.4, -0.2) is 19.0 Å². The van der Waals surface area contributed by atoms with Crippen LogP contribution in [0.4, 0.5) is 0 Å². The molecule has 0 aromatic heterocycles. The zero-order chi connectivity index (χ0) is 12.8. The topological polar surface area (TPSA) is 62.4 Å². The number of guanidine groups is 1. The second-order valence-electron chi connectivity index (χ2n) is 5.73. The predicted octanol–water partition coefficient (Wildman–Crippen LogP) is 1.73. The van der Waals surface area contributed by atoms with Crippen LogP contribution in [-0.2, 0) is 0 Å². The predicted molar refractivity (Wildman–Crippen MR) is 71.1 cm³/mol. The van der Waals surface area contributed by atoms with Crippen molar-refractivity contribution in [1.29, 1.82) is 0 Å². The standard InChI is InChI=1S/C12H28N4/c1-9(2)7-14-11(16-13)15-8-12(5,6)10(3)4/h9-10H,7-8,13H2,1-6H3,(H2,14,15,16). The van der Waals surface area contributed by atoms with Crippen molar-refractivity contribution >= 4 is 5.96 Å². The third-order valence-electron chi connectivity index (χ3n) is 3.02. The van der Waals surface area contributed by atoms with Gasteiger partial charge in [-0.15, -0.1) is 0 Å². The largest absolute Gasteiger partial charge is 0.355 e. The maximum atomic E-state index is 5.42. The lowest BCUT2D eigenvalue weighted by molar-refractivity contribution is 0.261. The van der Waals surface area contributed by atoms with E-state index in [4.69, 9.17) is 5.84 Å². The van der Waals surface area contributed by atoms with E-state index in [2.05, 4.69) is 57.3 Å². The smallest absolute Gasteiger partial charge is 0.205 e. The molecular weight excluding hydrogens is 200 g/mol. The Balaban J connectivity index is 4.26. The molecule has 0 unspecified atom stereocenters. The fourth-order valence-corrected chi connectivity index (χ4v) is 0.919. The Morgan fingerprint density at radius 3 is 2.19 bits per heavy atom. The Hall–Kier alpha value is -0.770. The molecule has 0 fully saturated rings. The molecule has 0 aliphatic heterocycles. The molecule has 0 aromatic carbocycles. The van der Waals surface area contributed by atoms with Crippen molar-refractivity contribution in [3.8, 4) is 0 Å². The van der Waals surface area contributed by atoms with Crippen LogP contribution in [0.3, 0.4) is 0 Å². The van der Waals surface area contributed by atoms with Crippen molar-refractivity contribution in [2.75, 3.05) is 13.1 Å². The molecule has 0 aliphatic carbocycles. The van der Waals surface area contributed by atoms with Gasteiger partial charge < -0.3 is 5.32 Å². The monoisotopic (exact) mass is 228 g/mol. The van der Waals surface area contributed by atoms with Gasteiger partial charge in [0.1, 0.15) is 0 Å². The van der Waals surface area contributed by atoms with Gasteiger partial charge in [-0.3, -0.25) is 10.4 Å². The Labute approximate surface area is 100 Å². The van der Waals surface area contributed by atoms with Crippen LogP contribution in [0.1, 0.15) is 41.5 Å². The van der Waals surface area contributed by atoms with E-state index in [-0.39, 0.29) is 5.41 Å². The van der Waals surface area contributed by atoms with E-state index in [1.807, 2.05) is 0 Å². The normalized spacial score (nSPS) is 13.4. The molecule has 0 atom stereocenters. The number of hydrogen-bond acceptors (Lipinski definition) is 2. The number of hydrogen-bond donors (Lipinski definition) is 3. The first-order chi connectivity index (χ1) is 7.29. The maximum Gasteiger partial charge on any atom is 0.205 e. The minimum Gasteiger partial charge on any atom is -0.355 e. The summed E-state index contributed by atoms with van der Waals surface area (Å²) in [4.78, 5) is 4.48. The van der Waals surface area contributed by atoms with Crippen LogP contribution in [0, 0.1) is 17.3 Å². The first-order valence-corrected chi connectivity index (χ1v) is 6.04. The van der Waals surface area contributed by atoms with Crippen LogP contribution < -0.4 is 16.6 Å². The summed E-state index contributed by atoms with van der Waals surface area (Å²) in [5.74, 6) is 7.28. The summed E-state index contributed by atoms with van der Waals surface area (Å²) in [6, 6.07) is 0. The number of hydrazine groups is 1. The number of rotatable bonds is 5. The molecule has 0 aromatic rings. The van der Waals surface area contributed by atoms with Gasteiger partial charge in [-0.1, -0.05) is 41.5 Å². The average molecular weight is 228 g/mol. The lowest BCUT2D eigenvalue weighted by atomic mass is 9.81. The highest BCUT2D eigenvalue weighted by molar-refractivity contribution is 5.79. The van der Waals surface area contributed by atoms with Gasteiger partial charge in [0.15, 0.2) is 0 Å². The summed E-state index contributed by atoms with van der Waals surface area (Å²) in [5.41, 5.74) is 2.80.